The van der Waals surface area contributed by atoms with E-state index in [0.29, 0.717) is 0 Å². The summed E-state index contributed by atoms with van der Waals surface area (Å²) in [7, 11) is 4.05. The fourth-order valence-corrected chi connectivity index (χ4v) is 2.82. The van der Waals surface area contributed by atoms with E-state index >= 15 is 0 Å². The molecule has 2 unspecified atom stereocenters. The normalized spacial score (nSPS) is 11.5. The molecular weight excluding hydrogens is 182 g/mol. The van der Waals surface area contributed by atoms with E-state index in [1.165, 1.54) is 65.6 Å². The van der Waals surface area contributed by atoms with Crippen LogP contribution >= 0.6 is 17.8 Å². The first-order valence-corrected chi connectivity index (χ1v) is 7.55. The molecular formula is C10H24P2. The van der Waals surface area contributed by atoms with E-state index in [0.717, 1.165) is 0 Å². The Hall–Kier alpha value is 0.860. The van der Waals surface area contributed by atoms with Crippen LogP contribution in [0.4, 0.5) is 0 Å². The van der Waals surface area contributed by atoms with Gasteiger partial charge in [-0.3, -0.25) is 0 Å². The topological polar surface area (TPSA) is 0 Å². The van der Waals surface area contributed by atoms with Crippen LogP contribution in [-0.2, 0) is 0 Å². The highest BCUT2D eigenvalue weighted by Crippen LogP contribution is 2.15. The van der Waals surface area contributed by atoms with Crippen LogP contribution in [0.2, 0.25) is 0 Å². The molecule has 12 heavy (non-hydrogen) atoms. The lowest BCUT2D eigenvalue weighted by atomic mass is 10.2. The molecule has 0 aromatic rings. The molecule has 0 saturated heterocycles. The molecule has 2 atom stereocenters. The minimum atomic E-state index is 1.25. The van der Waals surface area contributed by atoms with Gasteiger partial charge in [0.15, 0.2) is 0 Å². The fourth-order valence-electron chi connectivity index (χ4n) is 1.17. The zero-order valence-corrected chi connectivity index (χ0v) is 10.6. The highest BCUT2D eigenvalue weighted by molar-refractivity contribution is 7.37. The Morgan fingerprint density at radius 3 is 2.25 bits per heavy atom. The van der Waals surface area contributed by atoms with E-state index in [1.807, 2.05) is 0 Å². The van der Waals surface area contributed by atoms with Crippen molar-refractivity contribution in [2.75, 3.05) is 18.5 Å². The lowest BCUT2D eigenvalue weighted by Crippen LogP contribution is -1.83. The average Bonchev–Trinajstić information content (AvgIpc) is 2.10. The van der Waals surface area contributed by atoms with Gasteiger partial charge in [-0.2, -0.15) is 0 Å². The number of hydrogen-bond acceptors (Lipinski definition) is 0. The summed E-state index contributed by atoms with van der Waals surface area (Å²) < 4.78 is 0. The molecule has 74 valence electrons. The summed E-state index contributed by atoms with van der Waals surface area (Å²) in [5.41, 5.74) is 0. The van der Waals surface area contributed by atoms with Gasteiger partial charge in [0, 0.05) is 0 Å². The van der Waals surface area contributed by atoms with E-state index < -0.39 is 0 Å². The molecule has 0 fully saturated rings. The zero-order chi connectivity index (χ0) is 9.07. The molecule has 0 saturated carbocycles. The van der Waals surface area contributed by atoms with Gasteiger partial charge >= 0.3 is 0 Å². The van der Waals surface area contributed by atoms with Crippen molar-refractivity contribution in [2.45, 2.75) is 45.4 Å². The molecule has 0 radical (unpaired) electrons. The van der Waals surface area contributed by atoms with Crippen LogP contribution in [0.3, 0.4) is 0 Å². The standard InChI is InChI=1S/C10H24P2/c1-2-3-9-12-10-7-5-4-6-8-11/h12H,2-11H2,1H3. The van der Waals surface area contributed by atoms with Crippen molar-refractivity contribution in [3.05, 3.63) is 0 Å². The quantitative estimate of drug-likeness (QED) is 0.396. The lowest BCUT2D eigenvalue weighted by molar-refractivity contribution is 0.710. The maximum Gasteiger partial charge on any atom is -0.0353 e. The van der Waals surface area contributed by atoms with Gasteiger partial charge in [0.2, 0.25) is 0 Å². The Balaban J connectivity index is 2.73. The van der Waals surface area contributed by atoms with E-state index in [-0.39, 0.29) is 0 Å². The maximum atomic E-state index is 2.80. The summed E-state index contributed by atoms with van der Waals surface area (Å²) in [6.45, 7) is 2.28. The van der Waals surface area contributed by atoms with Crippen LogP contribution in [0, 0.1) is 0 Å². The van der Waals surface area contributed by atoms with Gasteiger partial charge in [0.05, 0.1) is 0 Å². The van der Waals surface area contributed by atoms with Crippen LogP contribution in [0.25, 0.3) is 0 Å². The predicted octanol–water partition coefficient (Wildman–Crippen LogP) is 3.90. The third-order valence-corrected chi connectivity index (χ3v) is 3.84. The molecule has 0 spiro atoms. The first-order valence-electron chi connectivity index (χ1n) is 5.32. The van der Waals surface area contributed by atoms with Crippen molar-refractivity contribution in [3.8, 4) is 0 Å². The molecule has 0 aliphatic carbocycles. The second-order valence-electron chi connectivity index (χ2n) is 3.31. The first kappa shape index (κ1) is 12.9. The molecule has 2 heteroatoms. The van der Waals surface area contributed by atoms with Gasteiger partial charge in [-0.25, -0.2) is 0 Å². The molecule has 0 nitrogen and oxygen atoms in total. The fraction of sp³-hybridized carbons (Fsp3) is 1.00. The van der Waals surface area contributed by atoms with Crippen molar-refractivity contribution in [2.24, 2.45) is 0 Å². The molecule has 0 aliphatic rings. The zero-order valence-electron chi connectivity index (χ0n) is 8.44. The summed E-state index contributed by atoms with van der Waals surface area (Å²) in [5, 5.41) is 0. The minimum Gasteiger partial charge on any atom is -0.138 e. The van der Waals surface area contributed by atoms with E-state index in [1.54, 1.807) is 0 Å². The Kier molecular flexibility index (Phi) is 12.7. The number of hydrogen-bond donors (Lipinski definition) is 0. The molecule has 0 rings (SSSR count). The van der Waals surface area contributed by atoms with Gasteiger partial charge in [-0.15, -0.1) is 17.8 Å². The first-order chi connectivity index (χ1) is 5.91. The molecule has 0 bridgehead atoms. The van der Waals surface area contributed by atoms with Crippen LogP contribution in [0.15, 0.2) is 0 Å². The molecule has 0 aromatic heterocycles. The van der Waals surface area contributed by atoms with Gasteiger partial charge < -0.3 is 0 Å². The molecule has 0 amide bonds. The summed E-state index contributed by atoms with van der Waals surface area (Å²) in [5.74, 6) is 0. The van der Waals surface area contributed by atoms with E-state index in [9.17, 15) is 0 Å². The molecule has 0 aliphatic heterocycles. The smallest absolute Gasteiger partial charge is 0.0353 e. The summed E-state index contributed by atoms with van der Waals surface area (Å²) in [4.78, 5) is 0. The second-order valence-corrected chi connectivity index (χ2v) is 5.38. The largest absolute Gasteiger partial charge is 0.138 e. The van der Waals surface area contributed by atoms with E-state index in [2.05, 4.69) is 16.2 Å². The van der Waals surface area contributed by atoms with Crippen molar-refractivity contribution < 1.29 is 0 Å². The van der Waals surface area contributed by atoms with Gasteiger partial charge in [0.25, 0.3) is 0 Å². The third-order valence-electron chi connectivity index (χ3n) is 2.01. The van der Waals surface area contributed by atoms with Crippen LogP contribution in [0.5, 0.6) is 0 Å². The van der Waals surface area contributed by atoms with Crippen LogP contribution < -0.4 is 0 Å². The Morgan fingerprint density at radius 2 is 1.58 bits per heavy atom. The predicted molar refractivity (Wildman–Crippen MR) is 66.0 cm³/mol. The highest BCUT2D eigenvalue weighted by atomic mass is 31.1. The van der Waals surface area contributed by atoms with Gasteiger partial charge in [-0.05, 0) is 37.7 Å². The van der Waals surface area contributed by atoms with Crippen LogP contribution in [-0.4, -0.2) is 18.5 Å². The highest BCUT2D eigenvalue weighted by Gasteiger charge is 1.89. The molecule has 0 aromatic carbocycles. The van der Waals surface area contributed by atoms with Gasteiger partial charge in [-0.1, -0.05) is 26.2 Å². The Labute approximate surface area is 82.3 Å². The lowest BCUT2D eigenvalue weighted by Gasteiger charge is -2.00. The molecule has 0 heterocycles. The SMILES string of the molecule is CCCCPCCCCCCP. The second kappa shape index (κ2) is 11.9. The summed E-state index contributed by atoms with van der Waals surface area (Å²) in [6, 6.07) is 0. The third kappa shape index (κ3) is 10.9. The molecule has 0 N–H and O–H groups in total. The van der Waals surface area contributed by atoms with Crippen molar-refractivity contribution in [1.82, 2.24) is 0 Å². The Morgan fingerprint density at radius 1 is 0.917 bits per heavy atom. The van der Waals surface area contributed by atoms with E-state index in [4.69, 9.17) is 0 Å². The average molecular weight is 206 g/mol. The number of rotatable bonds is 9. The minimum absolute atomic E-state index is 1.25. The maximum absolute atomic E-state index is 2.80. The number of unbranched alkanes of at least 4 members (excludes halogenated alkanes) is 4. The van der Waals surface area contributed by atoms with Crippen molar-refractivity contribution in [1.29, 1.82) is 0 Å². The Bertz CT molecular complexity index is 64.2. The summed E-state index contributed by atoms with van der Waals surface area (Å²) in [6.07, 6.45) is 12.9. The van der Waals surface area contributed by atoms with Crippen LogP contribution in [0.1, 0.15) is 45.4 Å². The monoisotopic (exact) mass is 206 g/mol. The van der Waals surface area contributed by atoms with Crippen molar-refractivity contribution >= 4 is 17.8 Å². The van der Waals surface area contributed by atoms with Crippen molar-refractivity contribution in [3.63, 3.8) is 0 Å². The summed E-state index contributed by atoms with van der Waals surface area (Å²) >= 11 is 0. The van der Waals surface area contributed by atoms with Gasteiger partial charge in [0.1, 0.15) is 0 Å².